The van der Waals surface area contributed by atoms with E-state index in [4.69, 9.17) is 0 Å². The maximum atomic E-state index is 12.2. The number of aromatic nitrogens is 3. The summed E-state index contributed by atoms with van der Waals surface area (Å²) in [7, 11) is 0. The summed E-state index contributed by atoms with van der Waals surface area (Å²) >= 11 is 1.66. The van der Waals surface area contributed by atoms with E-state index in [0.717, 1.165) is 47.5 Å². The van der Waals surface area contributed by atoms with E-state index >= 15 is 0 Å². The predicted molar refractivity (Wildman–Crippen MR) is 135 cm³/mol. The second-order valence-electron chi connectivity index (χ2n) is 8.64. The van der Waals surface area contributed by atoms with Crippen LogP contribution in [0.1, 0.15) is 36.8 Å². The van der Waals surface area contributed by atoms with Crippen LogP contribution in [0.15, 0.2) is 53.7 Å². The van der Waals surface area contributed by atoms with Gasteiger partial charge in [0.1, 0.15) is 0 Å². The molecule has 4 rings (SSSR count). The number of carbonyl (C=O) groups excluding carboxylic acids is 1. The number of hydrogen-bond acceptors (Lipinski definition) is 5. The lowest BCUT2D eigenvalue weighted by atomic mass is 10.1. The molecule has 0 unspecified atom stereocenters. The van der Waals surface area contributed by atoms with Crippen molar-refractivity contribution in [3.63, 3.8) is 0 Å². The van der Waals surface area contributed by atoms with Crippen molar-refractivity contribution in [3.05, 3.63) is 59.7 Å². The molecule has 0 atom stereocenters. The quantitative estimate of drug-likeness (QED) is 0.351. The van der Waals surface area contributed by atoms with E-state index in [-0.39, 0.29) is 5.91 Å². The molecule has 2 aromatic carbocycles. The first-order valence-corrected chi connectivity index (χ1v) is 12.8. The van der Waals surface area contributed by atoms with Crippen molar-refractivity contribution in [2.75, 3.05) is 31.9 Å². The van der Waals surface area contributed by atoms with Gasteiger partial charge in [0.15, 0.2) is 11.0 Å². The van der Waals surface area contributed by atoms with Gasteiger partial charge < -0.3 is 10.2 Å². The monoisotopic (exact) mass is 463 g/mol. The second-order valence-corrected chi connectivity index (χ2v) is 9.71. The fourth-order valence-electron chi connectivity index (χ4n) is 4.13. The number of aryl methyl sites for hydroxylation is 2. The number of nitrogens with one attached hydrogen (secondary N) is 1. The maximum absolute atomic E-state index is 12.2. The summed E-state index contributed by atoms with van der Waals surface area (Å²) < 4.78 is 2.14. The molecule has 2 heterocycles. The minimum Gasteiger partial charge on any atom is -0.355 e. The molecule has 1 N–H and O–H groups in total. The Hall–Kier alpha value is -2.64. The van der Waals surface area contributed by atoms with Crippen LogP contribution < -0.4 is 5.32 Å². The fourth-order valence-corrected chi connectivity index (χ4v) is 5.01. The van der Waals surface area contributed by atoms with Crippen molar-refractivity contribution in [2.24, 2.45) is 0 Å². The third kappa shape index (κ3) is 6.24. The highest BCUT2D eigenvalue weighted by atomic mass is 32.2. The molecule has 0 saturated carbocycles. The third-order valence-corrected chi connectivity index (χ3v) is 7.04. The molecule has 3 aromatic rings. The summed E-state index contributed by atoms with van der Waals surface area (Å²) in [6.45, 7) is 8.22. The smallest absolute Gasteiger partial charge is 0.220 e. The summed E-state index contributed by atoms with van der Waals surface area (Å²) in [6.07, 6.45) is 3.91. The molecule has 174 valence electrons. The lowest BCUT2D eigenvalue weighted by molar-refractivity contribution is -0.121. The van der Waals surface area contributed by atoms with Gasteiger partial charge in [0.05, 0.1) is 5.69 Å². The van der Waals surface area contributed by atoms with Crippen molar-refractivity contribution in [1.82, 2.24) is 25.0 Å². The first-order valence-electron chi connectivity index (χ1n) is 11.8. The second kappa shape index (κ2) is 11.5. The molecule has 6 nitrogen and oxygen atoms in total. The van der Waals surface area contributed by atoms with Crippen LogP contribution >= 0.6 is 11.8 Å². The molecule has 0 bridgehead atoms. The van der Waals surface area contributed by atoms with Crippen LogP contribution in [0.2, 0.25) is 0 Å². The van der Waals surface area contributed by atoms with Gasteiger partial charge in [0.2, 0.25) is 5.91 Å². The minimum atomic E-state index is 0.135. The largest absolute Gasteiger partial charge is 0.355 e. The Morgan fingerprint density at radius 3 is 2.55 bits per heavy atom. The Balaban J connectivity index is 1.37. The summed E-state index contributed by atoms with van der Waals surface area (Å²) in [5.74, 6) is 1.79. The lowest BCUT2D eigenvalue weighted by Gasteiger charge is -2.14. The number of rotatable bonds is 10. The minimum absolute atomic E-state index is 0.135. The zero-order valence-corrected chi connectivity index (χ0v) is 20.4. The number of carbonyl (C=O) groups is 1. The normalized spacial score (nSPS) is 14.0. The molecule has 0 radical (unpaired) electrons. The van der Waals surface area contributed by atoms with E-state index in [1.165, 1.54) is 37.1 Å². The van der Waals surface area contributed by atoms with E-state index in [2.05, 4.69) is 75.2 Å². The van der Waals surface area contributed by atoms with Gasteiger partial charge in [0.25, 0.3) is 0 Å². The van der Waals surface area contributed by atoms with Crippen molar-refractivity contribution in [3.8, 4) is 17.1 Å². The SMILES string of the molecule is Cc1ccc(-c2nnc(SCCCC(=O)NCCN3CCCC3)n2-c2ccccc2C)cc1. The molecule has 1 aliphatic heterocycles. The van der Waals surface area contributed by atoms with E-state index in [0.29, 0.717) is 6.42 Å². The highest BCUT2D eigenvalue weighted by molar-refractivity contribution is 7.99. The van der Waals surface area contributed by atoms with E-state index in [1.807, 2.05) is 12.1 Å². The highest BCUT2D eigenvalue weighted by Crippen LogP contribution is 2.30. The third-order valence-electron chi connectivity index (χ3n) is 6.03. The summed E-state index contributed by atoms with van der Waals surface area (Å²) in [5.41, 5.74) is 4.51. The molecule has 33 heavy (non-hydrogen) atoms. The molecule has 0 aliphatic carbocycles. The van der Waals surface area contributed by atoms with Crippen LogP contribution in [0, 0.1) is 13.8 Å². The first kappa shape index (κ1) is 23.5. The summed E-state index contributed by atoms with van der Waals surface area (Å²) in [4.78, 5) is 14.6. The van der Waals surface area contributed by atoms with E-state index < -0.39 is 0 Å². The number of hydrogen-bond donors (Lipinski definition) is 1. The van der Waals surface area contributed by atoms with Gasteiger partial charge in [-0.05, 0) is 57.8 Å². The number of nitrogens with zero attached hydrogens (tertiary/aromatic N) is 4. The molecule has 1 aromatic heterocycles. The van der Waals surface area contributed by atoms with Crippen LogP contribution in [0.3, 0.4) is 0 Å². The molecule has 0 spiro atoms. The zero-order valence-electron chi connectivity index (χ0n) is 19.6. The Morgan fingerprint density at radius 1 is 1.03 bits per heavy atom. The molecule has 1 fully saturated rings. The number of likely N-dealkylation sites (tertiary alicyclic amines) is 1. The van der Waals surface area contributed by atoms with Crippen molar-refractivity contribution >= 4 is 17.7 Å². The van der Waals surface area contributed by atoms with Gasteiger partial charge in [-0.15, -0.1) is 10.2 Å². The van der Waals surface area contributed by atoms with Crippen molar-refractivity contribution in [2.45, 2.75) is 44.7 Å². The number of para-hydroxylation sites is 1. The predicted octanol–water partition coefficient (Wildman–Crippen LogP) is 4.64. The Bertz CT molecular complexity index is 1060. The Labute approximate surface area is 200 Å². The number of thioether (sulfide) groups is 1. The lowest BCUT2D eigenvalue weighted by Crippen LogP contribution is -2.33. The molecular formula is C26H33N5OS. The van der Waals surface area contributed by atoms with E-state index in [9.17, 15) is 4.79 Å². The standard InChI is InChI=1S/C26H33N5OS/c1-20-11-13-22(14-12-20)25-28-29-26(31(25)23-9-4-3-8-21(23)2)33-19-7-10-24(32)27-15-18-30-16-5-6-17-30/h3-4,8-9,11-14H,5-7,10,15-19H2,1-2H3,(H,27,32). The molecule has 1 aliphatic rings. The van der Waals surface area contributed by atoms with Crippen LogP contribution in [0.4, 0.5) is 0 Å². The van der Waals surface area contributed by atoms with Crippen molar-refractivity contribution < 1.29 is 4.79 Å². The van der Waals surface area contributed by atoms with Gasteiger partial charge in [-0.25, -0.2) is 0 Å². The summed E-state index contributed by atoms with van der Waals surface area (Å²) in [6, 6.07) is 16.7. The van der Waals surface area contributed by atoms with Crippen LogP contribution in [0.25, 0.3) is 17.1 Å². The average molecular weight is 464 g/mol. The van der Waals surface area contributed by atoms with E-state index in [1.54, 1.807) is 11.8 Å². The van der Waals surface area contributed by atoms with Crippen LogP contribution in [-0.4, -0.2) is 57.5 Å². The molecular weight excluding hydrogens is 430 g/mol. The maximum Gasteiger partial charge on any atom is 0.220 e. The van der Waals surface area contributed by atoms with Gasteiger partial charge in [-0.2, -0.15) is 0 Å². The van der Waals surface area contributed by atoms with Crippen molar-refractivity contribution in [1.29, 1.82) is 0 Å². The molecule has 1 amide bonds. The average Bonchev–Trinajstić information content (AvgIpc) is 3.48. The Morgan fingerprint density at radius 2 is 1.79 bits per heavy atom. The van der Waals surface area contributed by atoms with Gasteiger partial charge >= 0.3 is 0 Å². The van der Waals surface area contributed by atoms with Gasteiger partial charge in [-0.3, -0.25) is 9.36 Å². The number of benzene rings is 2. The summed E-state index contributed by atoms with van der Waals surface area (Å²) in [5, 5.41) is 13.0. The molecule has 1 saturated heterocycles. The topological polar surface area (TPSA) is 63.1 Å². The van der Waals surface area contributed by atoms with Gasteiger partial charge in [-0.1, -0.05) is 59.8 Å². The van der Waals surface area contributed by atoms with Gasteiger partial charge in [0, 0.05) is 30.8 Å². The zero-order chi connectivity index (χ0) is 23.0. The van der Waals surface area contributed by atoms with Crippen LogP contribution in [0.5, 0.6) is 0 Å². The fraction of sp³-hybridized carbons (Fsp3) is 0.423. The highest BCUT2D eigenvalue weighted by Gasteiger charge is 2.17. The first-order chi connectivity index (χ1) is 16.1. The molecule has 7 heteroatoms. The Kier molecular flexibility index (Phi) is 8.18. The van der Waals surface area contributed by atoms with Crippen LogP contribution in [-0.2, 0) is 4.79 Å². The number of amides is 1.